The van der Waals surface area contributed by atoms with Crippen LogP contribution in [-0.4, -0.2) is 36.3 Å². The van der Waals surface area contributed by atoms with E-state index >= 15 is 4.39 Å². The first kappa shape index (κ1) is 31.2. The van der Waals surface area contributed by atoms with Crippen LogP contribution in [0.25, 0.3) is 22.3 Å². The third-order valence-electron chi connectivity index (χ3n) is 7.54. The number of aromatic nitrogens is 1. The van der Waals surface area contributed by atoms with E-state index in [1.807, 2.05) is 30.3 Å². The fraction of sp³-hybridized carbons (Fsp3) is 0.294. The molecule has 0 fully saturated rings. The van der Waals surface area contributed by atoms with Crippen LogP contribution >= 0.6 is 0 Å². The molecule has 0 unspecified atom stereocenters. The van der Waals surface area contributed by atoms with Gasteiger partial charge in [0.15, 0.2) is 6.10 Å². The van der Waals surface area contributed by atoms with E-state index in [9.17, 15) is 18.3 Å². The highest BCUT2D eigenvalue weighted by Crippen LogP contribution is 2.52. The van der Waals surface area contributed by atoms with Crippen molar-refractivity contribution in [1.29, 1.82) is 0 Å². The lowest BCUT2D eigenvalue weighted by atomic mass is 9.80. The van der Waals surface area contributed by atoms with Crippen LogP contribution in [0.4, 0.5) is 10.1 Å². The Morgan fingerprint density at radius 1 is 1.00 bits per heavy atom. The minimum absolute atomic E-state index is 0.0924. The molecule has 5 rings (SSSR count). The number of benzene rings is 3. The van der Waals surface area contributed by atoms with Gasteiger partial charge in [0.2, 0.25) is 15.9 Å². The van der Waals surface area contributed by atoms with Gasteiger partial charge < -0.3 is 14.6 Å². The quantitative estimate of drug-likeness (QED) is 0.227. The molecule has 4 aromatic rings. The van der Waals surface area contributed by atoms with Gasteiger partial charge in [-0.15, -0.1) is 0 Å². The number of aliphatic carboxylic acids is 1. The molecule has 44 heavy (non-hydrogen) atoms. The summed E-state index contributed by atoms with van der Waals surface area (Å²) < 4.78 is 55.1. The second-order valence-corrected chi connectivity index (χ2v) is 13.8. The number of halogens is 1. The molecule has 0 bridgehead atoms. The van der Waals surface area contributed by atoms with Gasteiger partial charge in [-0.25, -0.2) is 22.6 Å². The molecule has 1 aliphatic rings. The number of carboxylic acid groups (broad SMARTS) is 1. The van der Waals surface area contributed by atoms with E-state index in [-0.39, 0.29) is 23.4 Å². The highest BCUT2D eigenvalue weighted by Gasteiger charge is 2.39. The molecule has 10 heteroatoms. The number of fused-ring (bicyclic) bond motifs is 3. The zero-order valence-electron chi connectivity index (χ0n) is 25.5. The monoisotopic (exact) mass is 618 g/mol. The van der Waals surface area contributed by atoms with E-state index in [2.05, 4.69) is 4.98 Å². The molecule has 230 valence electrons. The van der Waals surface area contributed by atoms with E-state index < -0.39 is 33.5 Å². The van der Waals surface area contributed by atoms with Crippen LogP contribution in [0, 0.1) is 19.7 Å². The molecule has 0 spiro atoms. The van der Waals surface area contributed by atoms with Gasteiger partial charge in [0, 0.05) is 34.5 Å². The average molecular weight is 619 g/mol. The second kappa shape index (κ2) is 11.7. The largest absolute Gasteiger partial charge is 0.479 e. The second-order valence-electron chi connectivity index (χ2n) is 11.9. The van der Waals surface area contributed by atoms with Crippen molar-refractivity contribution in [1.82, 2.24) is 4.98 Å². The molecule has 1 atom stereocenters. The van der Waals surface area contributed by atoms with Crippen molar-refractivity contribution < 1.29 is 32.2 Å². The van der Waals surface area contributed by atoms with Crippen LogP contribution < -0.4 is 9.04 Å². The van der Waals surface area contributed by atoms with E-state index in [1.165, 1.54) is 10.4 Å². The summed E-state index contributed by atoms with van der Waals surface area (Å²) in [7, 11) is -3.85. The molecule has 1 N–H and O–H groups in total. The minimum Gasteiger partial charge on any atom is -0.479 e. The van der Waals surface area contributed by atoms with Crippen molar-refractivity contribution in [2.24, 2.45) is 0 Å². The zero-order valence-corrected chi connectivity index (χ0v) is 26.3. The predicted molar refractivity (Wildman–Crippen MR) is 168 cm³/mol. The Labute approximate surface area is 257 Å². The SMILES string of the molecule is Cc1c(-c2ccc(OCc3ccccc3)nc2)c([C@H](OC(C)(C)C)C(=O)O)c(C)c2c1-c1c(F)cccc1CN2S(C)(=O)=O. The maximum Gasteiger partial charge on any atom is 0.337 e. The third kappa shape index (κ3) is 6.05. The number of hydrogen-bond donors (Lipinski definition) is 1. The van der Waals surface area contributed by atoms with Gasteiger partial charge in [-0.1, -0.05) is 42.5 Å². The summed E-state index contributed by atoms with van der Waals surface area (Å²) in [6.45, 7) is 8.87. The van der Waals surface area contributed by atoms with Crippen LogP contribution in [-0.2, 0) is 32.7 Å². The van der Waals surface area contributed by atoms with Crippen molar-refractivity contribution in [3.8, 4) is 28.1 Å². The fourth-order valence-corrected chi connectivity index (χ4v) is 6.69. The highest BCUT2D eigenvalue weighted by atomic mass is 32.2. The van der Waals surface area contributed by atoms with E-state index in [0.29, 0.717) is 45.9 Å². The molecule has 1 aliphatic heterocycles. The van der Waals surface area contributed by atoms with Gasteiger partial charge in [-0.2, -0.15) is 0 Å². The molecular formula is C34H35FN2O6S. The van der Waals surface area contributed by atoms with Gasteiger partial charge in [-0.05, 0) is 74.6 Å². The molecule has 0 saturated carbocycles. The summed E-state index contributed by atoms with van der Waals surface area (Å²) >= 11 is 0. The Bertz CT molecular complexity index is 1840. The standard InChI is InChI=1S/C34H35FN2O6S/c1-20-27(23-15-16-26(36-17-23)42-19-22-11-8-7-9-12-22)29(32(33(38)39)43-34(3,4)5)21(2)31-28(20)30-24(13-10-14-25(30)35)18-37(31)44(6,40)41/h7-17,32H,18-19H2,1-6H3,(H,38,39)/t32-/m0/s1. The number of ether oxygens (including phenoxy) is 2. The molecular weight excluding hydrogens is 583 g/mol. The Hall–Kier alpha value is -4.28. The maximum atomic E-state index is 15.6. The van der Waals surface area contributed by atoms with Crippen molar-refractivity contribution in [2.75, 3.05) is 10.6 Å². The third-order valence-corrected chi connectivity index (χ3v) is 8.65. The number of nitrogens with zero attached hydrogens (tertiary/aromatic N) is 2. The molecule has 0 radical (unpaired) electrons. The van der Waals surface area contributed by atoms with Crippen molar-refractivity contribution in [3.63, 3.8) is 0 Å². The Kier molecular flexibility index (Phi) is 8.26. The number of hydrogen-bond acceptors (Lipinski definition) is 6. The van der Waals surface area contributed by atoms with Crippen molar-refractivity contribution in [3.05, 3.63) is 100 Å². The van der Waals surface area contributed by atoms with Crippen LogP contribution in [0.2, 0.25) is 0 Å². The van der Waals surface area contributed by atoms with Gasteiger partial charge in [0.1, 0.15) is 12.4 Å². The number of sulfonamides is 1. The summed E-state index contributed by atoms with van der Waals surface area (Å²) in [5.41, 5.74) is 3.69. The lowest BCUT2D eigenvalue weighted by Gasteiger charge is -2.37. The molecule has 0 aliphatic carbocycles. The summed E-state index contributed by atoms with van der Waals surface area (Å²) in [6.07, 6.45) is 1.20. The van der Waals surface area contributed by atoms with Gasteiger partial charge >= 0.3 is 5.97 Å². The van der Waals surface area contributed by atoms with E-state index in [4.69, 9.17) is 9.47 Å². The lowest BCUT2D eigenvalue weighted by molar-refractivity contribution is -0.160. The van der Waals surface area contributed by atoms with Crippen LogP contribution in [0.15, 0.2) is 66.9 Å². The number of rotatable bonds is 8. The zero-order chi connectivity index (χ0) is 32.0. The van der Waals surface area contributed by atoms with Crippen LogP contribution in [0.1, 0.15) is 54.7 Å². The first-order chi connectivity index (χ1) is 20.7. The molecule has 8 nitrogen and oxygen atoms in total. The number of carbonyl (C=O) groups is 1. The summed E-state index contributed by atoms with van der Waals surface area (Å²) in [5, 5.41) is 10.5. The molecule has 0 saturated heterocycles. The van der Waals surface area contributed by atoms with Crippen molar-refractivity contribution in [2.45, 2.75) is 59.5 Å². The Morgan fingerprint density at radius 3 is 2.30 bits per heavy atom. The van der Waals surface area contributed by atoms with Crippen LogP contribution in [0.3, 0.4) is 0 Å². The summed E-state index contributed by atoms with van der Waals surface area (Å²) in [5.74, 6) is -1.37. The predicted octanol–water partition coefficient (Wildman–Crippen LogP) is 6.97. The van der Waals surface area contributed by atoms with Crippen LogP contribution in [0.5, 0.6) is 5.88 Å². The first-order valence-corrected chi connectivity index (χ1v) is 16.0. The molecule has 2 heterocycles. The van der Waals surface area contributed by atoms with Gasteiger partial charge in [-0.3, -0.25) is 4.31 Å². The first-order valence-electron chi connectivity index (χ1n) is 14.1. The topological polar surface area (TPSA) is 106 Å². The van der Waals surface area contributed by atoms with Crippen molar-refractivity contribution >= 4 is 21.7 Å². The number of pyridine rings is 1. The highest BCUT2D eigenvalue weighted by molar-refractivity contribution is 7.92. The number of anilines is 1. The fourth-order valence-electron chi connectivity index (χ4n) is 5.75. The number of carboxylic acids is 1. The lowest BCUT2D eigenvalue weighted by Crippen LogP contribution is -2.35. The average Bonchev–Trinajstić information content (AvgIpc) is 2.96. The van der Waals surface area contributed by atoms with E-state index in [1.54, 1.807) is 65.1 Å². The smallest absolute Gasteiger partial charge is 0.337 e. The Morgan fingerprint density at radius 2 is 1.70 bits per heavy atom. The summed E-state index contributed by atoms with van der Waals surface area (Å²) in [6, 6.07) is 17.7. The summed E-state index contributed by atoms with van der Waals surface area (Å²) in [4.78, 5) is 17.3. The van der Waals surface area contributed by atoms with Gasteiger partial charge in [0.25, 0.3) is 0 Å². The Balaban J connectivity index is 1.78. The molecule has 3 aromatic carbocycles. The molecule has 0 amide bonds. The van der Waals surface area contributed by atoms with Gasteiger partial charge in [0.05, 0.1) is 24.1 Å². The van der Waals surface area contributed by atoms with E-state index in [0.717, 1.165) is 11.8 Å². The maximum absolute atomic E-state index is 15.6. The minimum atomic E-state index is -3.85. The normalized spacial score (nSPS) is 13.7. The molecule has 1 aromatic heterocycles.